The molecule has 5 heteroatoms. The third kappa shape index (κ3) is 4.97. The molecule has 0 spiro atoms. The van der Waals surface area contributed by atoms with Crippen LogP contribution in [0.3, 0.4) is 0 Å². The molecule has 27 heavy (non-hydrogen) atoms. The second kappa shape index (κ2) is 8.54. The first kappa shape index (κ1) is 18.7. The summed E-state index contributed by atoms with van der Waals surface area (Å²) in [6, 6.07) is 15.3. The molecule has 1 heterocycles. The van der Waals surface area contributed by atoms with E-state index in [1.807, 2.05) is 69.3 Å². The maximum absolute atomic E-state index is 12.1. The van der Waals surface area contributed by atoms with Crippen LogP contribution in [-0.2, 0) is 29.2 Å². The van der Waals surface area contributed by atoms with E-state index in [0.717, 1.165) is 39.5 Å². The largest absolute Gasteiger partial charge is 0.489 e. The van der Waals surface area contributed by atoms with Crippen LogP contribution in [0.2, 0.25) is 0 Å². The minimum atomic E-state index is -0.248. The van der Waals surface area contributed by atoms with Gasteiger partial charge in [-0.05, 0) is 49.6 Å². The van der Waals surface area contributed by atoms with Crippen LogP contribution in [0.15, 0.2) is 53.1 Å². The van der Waals surface area contributed by atoms with Crippen molar-refractivity contribution < 1.29 is 18.8 Å². The summed E-state index contributed by atoms with van der Waals surface area (Å²) in [5.41, 5.74) is 4.81. The summed E-state index contributed by atoms with van der Waals surface area (Å²) in [4.78, 5) is 12.1. The highest BCUT2D eigenvalue weighted by Crippen LogP contribution is 2.18. The first-order valence-corrected chi connectivity index (χ1v) is 8.86. The number of nitrogens with zero attached hydrogens (tertiary/aromatic N) is 1. The van der Waals surface area contributed by atoms with Crippen molar-refractivity contribution in [2.45, 2.75) is 40.4 Å². The van der Waals surface area contributed by atoms with Crippen LogP contribution in [0.5, 0.6) is 5.75 Å². The fraction of sp³-hybridized carbons (Fsp3) is 0.273. The number of carbonyl (C=O) groups is 1. The van der Waals surface area contributed by atoms with E-state index in [2.05, 4.69) is 5.16 Å². The zero-order chi connectivity index (χ0) is 19.2. The van der Waals surface area contributed by atoms with Crippen molar-refractivity contribution in [3.63, 3.8) is 0 Å². The van der Waals surface area contributed by atoms with Gasteiger partial charge in [-0.25, -0.2) is 0 Å². The number of hydrogen-bond acceptors (Lipinski definition) is 5. The highest BCUT2D eigenvalue weighted by molar-refractivity contribution is 5.72. The fourth-order valence-corrected chi connectivity index (χ4v) is 2.71. The molecule has 0 aliphatic heterocycles. The lowest BCUT2D eigenvalue weighted by molar-refractivity contribution is -0.144. The van der Waals surface area contributed by atoms with Crippen molar-refractivity contribution in [2.24, 2.45) is 0 Å². The molecule has 3 aromatic rings. The number of rotatable bonds is 7. The van der Waals surface area contributed by atoms with E-state index in [1.54, 1.807) is 0 Å². The van der Waals surface area contributed by atoms with Crippen LogP contribution in [0.25, 0.3) is 0 Å². The Balaban J connectivity index is 1.50. The minimum absolute atomic E-state index is 0.232. The first-order valence-electron chi connectivity index (χ1n) is 8.86. The average molecular weight is 365 g/mol. The Morgan fingerprint density at radius 3 is 2.41 bits per heavy atom. The minimum Gasteiger partial charge on any atom is -0.489 e. The summed E-state index contributed by atoms with van der Waals surface area (Å²) in [7, 11) is 0. The quantitative estimate of drug-likeness (QED) is 0.578. The summed E-state index contributed by atoms with van der Waals surface area (Å²) in [6.07, 6.45) is 0.232. The number of aryl methyl sites for hydroxylation is 3. The molecule has 0 atom stereocenters. The van der Waals surface area contributed by atoms with Gasteiger partial charge in [-0.15, -0.1) is 0 Å². The van der Waals surface area contributed by atoms with Crippen LogP contribution < -0.4 is 4.74 Å². The van der Waals surface area contributed by atoms with Crippen LogP contribution in [0, 0.1) is 20.8 Å². The number of ether oxygens (including phenoxy) is 2. The zero-order valence-corrected chi connectivity index (χ0v) is 15.8. The van der Waals surface area contributed by atoms with Crippen molar-refractivity contribution in [3.8, 4) is 5.75 Å². The lowest BCUT2D eigenvalue weighted by atomic mass is 10.1. The van der Waals surface area contributed by atoms with Crippen molar-refractivity contribution in [2.75, 3.05) is 0 Å². The molecule has 0 radical (unpaired) electrons. The van der Waals surface area contributed by atoms with Crippen molar-refractivity contribution in [1.29, 1.82) is 0 Å². The molecule has 0 unspecified atom stereocenters. The molecule has 0 aliphatic carbocycles. The Labute approximate surface area is 158 Å². The zero-order valence-electron chi connectivity index (χ0n) is 15.8. The summed E-state index contributed by atoms with van der Waals surface area (Å²) in [6.45, 7) is 6.46. The monoisotopic (exact) mass is 365 g/mol. The molecule has 2 aromatic carbocycles. The van der Waals surface area contributed by atoms with E-state index >= 15 is 0 Å². The maximum Gasteiger partial charge on any atom is 0.310 e. The standard InChI is InChI=1S/C22H23NO4/c1-15-6-4-5-7-19(15)13-26-22(24)12-18-8-10-20(11-9-18)25-14-21-16(2)23-27-17(21)3/h4-11H,12-14H2,1-3H3. The van der Waals surface area contributed by atoms with Crippen molar-refractivity contribution >= 4 is 5.97 Å². The predicted molar refractivity (Wildman–Crippen MR) is 101 cm³/mol. The van der Waals surface area contributed by atoms with Gasteiger partial charge in [0.15, 0.2) is 0 Å². The van der Waals surface area contributed by atoms with Gasteiger partial charge in [-0.1, -0.05) is 41.6 Å². The van der Waals surface area contributed by atoms with Crippen molar-refractivity contribution in [3.05, 3.63) is 82.2 Å². The third-order valence-corrected chi connectivity index (χ3v) is 4.49. The molecule has 0 fully saturated rings. The van der Waals surface area contributed by atoms with E-state index in [-0.39, 0.29) is 12.4 Å². The second-order valence-corrected chi connectivity index (χ2v) is 6.50. The molecule has 0 bridgehead atoms. The summed E-state index contributed by atoms with van der Waals surface area (Å²) in [5, 5.41) is 3.91. The lowest BCUT2D eigenvalue weighted by Gasteiger charge is -2.09. The van der Waals surface area contributed by atoms with Gasteiger partial charge in [0, 0.05) is 0 Å². The summed E-state index contributed by atoms with van der Waals surface area (Å²) in [5.74, 6) is 1.25. The average Bonchev–Trinajstić information content (AvgIpc) is 2.98. The number of esters is 1. The second-order valence-electron chi connectivity index (χ2n) is 6.50. The fourth-order valence-electron chi connectivity index (χ4n) is 2.71. The third-order valence-electron chi connectivity index (χ3n) is 4.49. The number of aromatic nitrogens is 1. The first-order chi connectivity index (χ1) is 13.0. The Hall–Kier alpha value is -3.08. The van der Waals surface area contributed by atoms with Gasteiger partial charge >= 0.3 is 5.97 Å². The molecule has 0 aliphatic rings. The van der Waals surface area contributed by atoms with E-state index in [1.165, 1.54) is 0 Å². The summed E-state index contributed by atoms with van der Waals surface area (Å²) < 4.78 is 16.3. The topological polar surface area (TPSA) is 61.6 Å². The van der Waals surface area contributed by atoms with E-state index in [9.17, 15) is 4.79 Å². The number of carbonyl (C=O) groups excluding carboxylic acids is 1. The molecule has 0 N–H and O–H groups in total. The van der Waals surface area contributed by atoms with E-state index in [4.69, 9.17) is 14.0 Å². The van der Waals surface area contributed by atoms with E-state index in [0.29, 0.717) is 13.2 Å². The lowest BCUT2D eigenvalue weighted by Crippen LogP contribution is -2.08. The molecular weight excluding hydrogens is 342 g/mol. The molecule has 5 nitrogen and oxygen atoms in total. The number of benzene rings is 2. The van der Waals surface area contributed by atoms with Gasteiger partial charge in [0.25, 0.3) is 0 Å². The van der Waals surface area contributed by atoms with Crippen LogP contribution in [0.4, 0.5) is 0 Å². The molecule has 0 saturated heterocycles. The van der Waals surface area contributed by atoms with Crippen LogP contribution in [0.1, 0.15) is 33.7 Å². The Kier molecular flexibility index (Phi) is 5.91. The highest BCUT2D eigenvalue weighted by Gasteiger charge is 2.10. The van der Waals surface area contributed by atoms with Gasteiger partial charge in [0.2, 0.25) is 0 Å². The number of hydrogen-bond donors (Lipinski definition) is 0. The van der Waals surface area contributed by atoms with Crippen molar-refractivity contribution in [1.82, 2.24) is 5.16 Å². The van der Waals surface area contributed by atoms with Crippen LogP contribution >= 0.6 is 0 Å². The SMILES string of the molecule is Cc1ccccc1COC(=O)Cc1ccc(OCc2c(C)noc2C)cc1. The normalized spacial score (nSPS) is 10.6. The molecule has 3 rings (SSSR count). The van der Waals surface area contributed by atoms with Gasteiger partial charge in [0.1, 0.15) is 24.7 Å². The van der Waals surface area contributed by atoms with Gasteiger partial charge in [-0.3, -0.25) is 4.79 Å². The van der Waals surface area contributed by atoms with E-state index < -0.39 is 0 Å². The predicted octanol–water partition coefficient (Wildman–Crippen LogP) is 4.46. The van der Waals surface area contributed by atoms with Gasteiger partial charge in [-0.2, -0.15) is 0 Å². The maximum atomic E-state index is 12.1. The van der Waals surface area contributed by atoms with Gasteiger partial charge in [0.05, 0.1) is 17.7 Å². The molecule has 140 valence electrons. The Morgan fingerprint density at radius 2 is 1.74 bits per heavy atom. The smallest absolute Gasteiger partial charge is 0.310 e. The molecule has 0 amide bonds. The Morgan fingerprint density at radius 1 is 1.00 bits per heavy atom. The van der Waals surface area contributed by atoms with Gasteiger partial charge < -0.3 is 14.0 Å². The highest BCUT2D eigenvalue weighted by atomic mass is 16.5. The Bertz CT molecular complexity index is 893. The molecule has 1 aromatic heterocycles. The summed E-state index contributed by atoms with van der Waals surface area (Å²) >= 11 is 0. The molecular formula is C22H23NO4. The van der Waals surface area contributed by atoms with Crippen LogP contribution in [-0.4, -0.2) is 11.1 Å². The molecule has 0 saturated carbocycles.